The Labute approximate surface area is 116 Å². The van der Waals surface area contributed by atoms with Crippen LogP contribution in [0.1, 0.15) is 28.7 Å². The lowest BCUT2D eigenvalue weighted by molar-refractivity contribution is 0.104. The summed E-state index contributed by atoms with van der Waals surface area (Å²) >= 11 is 6.03. The smallest absolute Gasteiger partial charge is 0.189 e. The third kappa shape index (κ3) is 2.76. The van der Waals surface area contributed by atoms with Gasteiger partial charge in [0.1, 0.15) is 5.69 Å². The van der Waals surface area contributed by atoms with Gasteiger partial charge in [-0.1, -0.05) is 11.6 Å². The fourth-order valence-electron chi connectivity index (χ4n) is 1.67. The van der Waals surface area contributed by atoms with E-state index in [0.29, 0.717) is 16.3 Å². The topological polar surface area (TPSA) is 52.7 Å². The third-order valence-electron chi connectivity index (χ3n) is 2.96. The van der Waals surface area contributed by atoms with Crippen molar-refractivity contribution < 1.29 is 4.79 Å². The molecule has 100 valence electrons. The van der Waals surface area contributed by atoms with Gasteiger partial charge in [-0.15, -0.1) is 0 Å². The number of ketones is 1. The largest absolute Gasteiger partial charge is 0.289 e. The van der Waals surface area contributed by atoms with E-state index in [1.165, 1.54) is 6.08 Å². The van der Waals surface area contributed by atoms with Crippen molar-refractivity contribution in [1.82, 2.24) is 19.6 Å². The number of carbonyl (C=O) groups is 1. The zero-order chi connectivity index (χ0) is 14.0. The first-order chi connectivity index (χ1) is 9.02. The Morgan fingerprint density at radius 3 is 2.79 bits per heavy atom. The van der Waals surface area contributed by atoms with Gasteiger partial charge in [-0.2, -0.15) is 10.2 Å². The van der Waals surface area contributed by atoms with E-state index in [2.05, 4.69) is 10.2 Å². The lowest BCUT2D eigenvalue weighted by atomic mass is 10.1. The van der Waals surface area contributed by atoms with Gasteiger partial charge in [-0.3, -0.25) is 14.2 Å². The van der Waals surface area contributed by atoms with Crippen LogP contribution in [0.25, 0.3) is 6.08 Å². The fourth-order valence-corrected chi connectivity index (χ4v) is 1.89. The molecule has 19 heavy (non-hydrogen) atoms. The molecular weight excluding hydrogens is 264 g/mol. The van der Waals surface area contributed by atoms with Crippen molar-refractivity contribution in [3.8, 4) is 0 Å². The number of allylic oxidation sites excluding steroid dienone is 1. The summed E-state index contributed by atoms with van der Waals surface area (Å²) < 4.78 is 3.39. The minimum atomic E-state index is -0.104. The van der Waals surface area contributed by atoms with E-state index in [9.17, 15) is 4.79 Å². The summed E-state index contributed by atoms with van der Waals surface area (Å²) in [6.45, 7) is 4.57. The molecule has 5 nitrogen and oxygen atoms in total. The van der Waals surface area contributed by atoms with Gasteiger partial charge >= 0.3 is 0 Å². The van der Waals surface area contributed by atoms with E-state index in [1.54, 1.807) is 34.9 Å². The van der Waals surface area contributed by atoms with Crippen molar-refractivity contribution in [1.29, 1.82) is 0 Å². The van der Waals surface area contributed by atoms with Gasteiger partial charge in [0.05, 0.1) is 16.8 Å². The van der Waals surface area contributed by atoms with Crippen LogP contribution in [0.5, 0.6) is 0 Å². The molecule has 0 atom stereocenters. The van der Waals surface area contributed by atoms with Crippen LogP contribution in [-0.4, -0.2) is 25.3 Å². The molecule has 2 aromatic rings. The first-order valence-corrected chi connectivity index (χ1v) is 6.34. The lowest BCUT2D eigenvalue weighted by Gasteiger charge is -1.95. The van der Waals surface area contributed by atoms with E-state index < -0.39 is 0 Å². The Balaban J connectivity index is 2.20. The molecule has 2 heterocycles. The molecule has 0 fully saturated rings. The minimum Gasteiger partial charge on any atom is -0.289 e. The van der Waals surface area contributed by atoms with Gasteiger partial charge in [-0.25, -0.2) is 0 Å². The summed E-state index contributed by atoms with van der Waals surface area (Å²) in [5.41, 5.74) is 2.02. The van der Waals surface area contributed by atoms with Gasteiger partial charge < -0.3 is 0 Å². The van der Waals surface area contributed by atoms with Crippen LogP contribution in [0.15, 0.2) is 18.5 Å². The highest BCUT2D eigenvalue weighted by molar-refractivity contribution is 6.31. The summed E-state index contributed by atoms with van der Waals surface area (Å²) in [5.74, 6) is -0.104. The Hall–Kier alpha value is -1.88. The second-order valence-electron chi connectivity index (χ2n) is 4.18. The van der Waals surface area contributed by atoms with Crippen molar-refractivity contribution in [2.45, 2.75) is 20.4 Å². The van der Waals surface area contributed by atoms with Crippen LogP contribution in [0.2, 0.25) is 5.02 Å². The van der Waals surface area contributed by atoms with E-state index in [1.807, 2.05) is 13.8 Å². The zero-order valence-corrected chi connectivity index (χ0v) is 11.8. The number of hydrogen-bond acceptors (Lipinski definition) is 3. The highest BCUT2D eigenvalue weighted by Gasteiger charge is 2.10. The van der Waals surface area contributed by atoms with E-state index in [-0.39, 0.29) is 5.78 Å². The van der Waals surface area contributed by atoms with Crippen LogP contribution >= 0.6 is 11.6 Å². The molecule has 0 unspecified atom stereocenters. The molecular formula is C13H15ClN4O. The monoisotopic (exact) mass is 278 g/mol. The molecule has 0 amide bonds. The average Bonchev–Trinajstić information content (AvgIpc) is 2.91. The average molecular weight is 279 g/mol. The van der Waals surface area contributed by atoms with Crippen LogP contribution in [0, 0.1) is 6.92 Å². The highest BCUT2D eigenvalue weighted by atomic mass is 35.5. The SMILES string of the molecule is CCn1cc(Cl)c(/C=C/C(=O)c2cnn(C)c2C)n1. The summed E-state index contributed by atoms with van der Waals surface area (Å²) in [6.07, 6.45) is 6.40. The molecule has 0 aliphatic heterocycles. The van der Waals surface area contributed by atoms with Crippen molar-refractivity contribution in [2.75, 3.05) is 0 Å². The van der Waals surface area contributed by atoms with Crippen LogP contribution < -0.4 is 0 Å². The van der Waals surface area contributed by atoms with Crippen LogP contribution in [0.4, 0.5) is 0 Å². The molecule has 0 saturated carbocycles. The highest BCUT2D eigenvalue weighted by Crippen LogP contribution is 2.16. The standard InChI is InChI=1S/C13H15ClN4O/c1-4-18-8-11(14)12(16-18)5-6-13(19)10-7-15-17(3)9(10)2/h5-8H,4H2,1-3H3/b6-5+. The number of hydrogen-bond donors (Lipinski definition) is 0. The van der Waals surface area contributed by atoms with Crippen molar-refractivity contribution in [3.05, 3.63) is 40.4 Å². The number of aromatic nitrogens is 4. The first kappa shape index (κ1) is 13.5. The van der Waals surface area contributed by atoms with Crippen molar-refractivity contribution in [2.24, 2.45) is 7.05 Å². The maximum atomic E-state index is 12.0. The summed E-state index contributed by atoms with van der Waals surface area (Å²) in [4.78, 5) is 12.0. The molecule has 0 bridgehead atoms. The Morgan fingerprint density at radius 2 is 2.26 bits per heavy atom. The minimum absolute atomic E-state index is 0.104. The van der Waals surface area contributed by atoms with Gasteiger partial charge in [0, 0.05) is 25.5 Å². The summed E-state index contributed by atoms with van der Waals surface area (Å²) in [5, 5.41) is 8.83. The molecule has 0 aliphatic carbocycles. The van der Waals surface area contributed by atoms with Crippen molar-refractivity contribution in [3.63, 3.8) is 0 Å². The first-order valence-electron chi connectivity index (χ1n) is 5.97. The number of rotatable bonds is 4. The normalized spacial score (nSPS) is 11.4. The Morgan fingerprint density at radius 1 is 1.53 bits per heavy atom. The van der Waals surface area contributed by atoms with Crippen LogP contribution in [-0.2, 0) is 13.6 Å². The predicted octanol–water partition coefficient (Wildman–Crippen LogP) is 2.49. The Bertz CT molecular complexity index is 639. The molecule has 6 heteroatoms. The molecule has 0 aromatic carbocycles. The summed E-state index contributed by atoms with van der Waals surface area (Å²) in [7, 11) is 1.80. The molecule has 0 saturated heterocycles. The lowest BCUT2D eigenvalue weighted by Crippen LogP contribution is -1.99. The molecule has 0 aliphatic rings. The molecule has 0 N–H and O–H groups in total. The third-order valence-corrected chi connectivity index (χ3v) is 3.25. The predicted molar refractivity (Wildman–Crippen MR) is 74.2 cm³/mol. The van der Waals surface area contributed by atoms with E-state index >= 15 is 0 Å². The van der Waals surface area contributed by atoms with E-state index in [4.69, 9.17) is 11.6 Å². The van der Waals surface area contributed by atoms with Gasteiger partial charge in [0.15, 0.2) is 5.78 Å². The maximum Gasteiger partial charge on any atom is 0.189 e. The van der Waals surface area contributed by atoms with Gasteiger partial charge in [-0.05, 0) is 26.0 Å². The Kier molecular flexibility index (Phi) is 3.85. The molecule has 2 aromatic heterocycles. The van der Waals surface area contributed by atoms with Gasteiger partial charge in [0.2, 0.25) is 0 Å². The number of halogens is 1. The fraction of sp³-hybridized carbons (Fsp3) is 0.308. The van der Waals surface area contributed by atoms with Crippen LogP contribution in [0.3, 0.4) is 0 Å². The summed E-state index contributed by atoms with van der Waals surface area (Å²) in [6, 6.07) is 0. The van der Waals surface area contributed by atoms with Gasteiger partial charge in [0.25, 0.3) is 0 Å². The maximum absolute atomic E-state index is 12.0. The number of aryl methyl sites for hydroxylation is 2. The zero-order valence-electron chi connectivity index (χ0n) is 11.1. The molecule has 2 rings (SSSR count). The second-order valence-corrected chi connectivity index (χ2v) is 4.59. The molecule has 0 spiro atoms. The quantitative estimate of drug-likeness (QED) is 0.638. The van der Waals surface area contributed by atoms with E-state index in [0.717, 1.165) is 12.2 Å². The van der Waals surface area contributed by atoms with Crippen molar-refractivity contribution >= 4 is 23.5 Å². The second kappa shape index (κ2) is 5.40. The number of nitrogens with zero attached hydrogens (tertiary/aromatic N) is 4. The number of carbonyl (C=O) groups excluding carboxylic acids is 1. The molecule has 0 radical (unpaired) electrons.